The van der Waals surface area contributed by atoms with Gasteiger partial charge in [-0.05, 0) is 31.0 Å². The number of amides is 3. The monoisotopic (exact) mass is 379 g/mol. The van der Waals surface area contributed by atoms with Gasteiger partial charge >= 0.3 is 0 Å². The van der Waals surface area contributed by atoms with E-state index < -0.39 is 0 Å². The third kappa shape index (κ3) is 2.46. The van der Waals surface area contributed by atoms with Crippen LogP contribution >= 0.6 is 0 Å². The number of likely N-dealkylation sites (tertiary alicyclic amines) is 2. The molecule has 2 fully saturated rings. The van der Waals surface area contributed by atoms with E-state index in [0.717, 1.165) is 16.7 Å². The molecule has 144 valence electrons. The fourth-order valence-corrected chi connectivity index (χ4v) is 4.49. The van der Waals surface area contributed by atoms with Crippen LogP contribution in [0.5, 0.6) is 5.75 Å². The topological polar surface area (TPSA) is 82.7 Å². The van der Waals surface area contributed by atoms with Crippen molar-refractivity contribution in [2.75, 3.05) is 20.2 Å². The lowest BCUT2D eigenvalue weighted by molar-refractivity contribution is -0.145. The molecule has 1 N–H and O–H groups in total. The van der Waals surface area contributed by atoms with E-state index in [0.29, 0.717) is 31.6 Å². The van der Waals surface area contributed by atoms with Crippen molar-refractivity contribution in [3.05, 3.63) is 42.1 Å². The van der Waals surface area contributed by atoms with Crippen LogP contribution in [-0.4, -0.2) is 58.7 Å². The van der Waals surface area contributed by atoms with Crippen LogP contribution in [0.25, 0.3) is 10.9 Å². The molecular weight excluding hydrogens is 358 g/mol. The predicted octanol–water partition coefficient (Wildman–Crippen LogP) is 1.95. The molecule has 7 nitrogen and oxygen atoms in total. The van der Waals surface area contributed by atoms with Gasteiger partial charge in [0.15, 0.2) is 0 Å². The van der Waals surface area contributed by atoms with Crippen LogP contribution < -0.4 is 4.74 Å². The lowest BCUT2D eigenvalue weighted by atomic mass is 9.85. The quantitative estimate of drug-likeness (QED) is 0.653. The Hall–Kier alpha value is -3.09. The number of rotatable bonds is 3. The molecule has 2 aliphatic heterocycles. The molecule has 7 heteroatoms. The minimum absolute atomic E-state index is 0.0749. The highest BCUT2D eigenvalue weighted by Crippen LogP contribution is 2.37. The number of ether oxygens (including phenoxy) is 1. The lowest BCUT2D eigenvalue weighted by Gasteiger charge is -2.43. The first-order valence-corrected chi connectivity index (χ1v) is 9.55. The maximum atomic E-state index is 12.8. The molecule has 1 aromatic carbocycles. The number of nitrogens with zero attached hydrogens (tertiary/aromatic N) is 2. The summed E-state index contributed by atoms with van der Waals surface area (Å²) in [5, 5.41) is 0.933. The molecule has 0 bridgehead atoms. The zero-order valence-corrected chi connectivity index (χ0v) is 15.6. The third-order valence-electron chi connectivity index (χ3n) is 6.12. The number of hydrogen-bond donors (Lipinski definition) is 1. The highest BCUT2D eigenvalue weighted by molar-refractivity contribution is 6.06. The summed E-state index contributed by atoms with van der Waals surface area (Å²) >= 11 is 0. The van der Waals surface area contributed by atoms with Crippen LogP contribution in [0.3, 0.4) is 0 Å². The second-order valence-electron chi connectivity index (χ2n) is 7.70. The van der Waals surface area contributed by atoms with E-state index >= 15 is 0 Å². The van der Waals surface area contributed by atoms with Gasteiger partial charge in [0, 0.05) is 30.1 Å². The number of H-pyrrole nitrogens is 1. The minimum atomic E-state index is -0.217. The molecule has 0 spiro atoms. The number of hydrogen-bond acceptors (Lipinski definition) is 4. The van der Waals surface area contributed by atoms with E-state index in [-0.39, 0.29) is 35.6 Å². The normalized spacial score (nSPS) is 24.6. The summed E-state index contributed by atoms with van der Waals surface area (Å²) in [5.41, 5.74) is 1.33. The smallest absolute Gasteiger partial charge is 0.270 e. The molecule has 3 heterocycles. The zero-order chi connectivity index (χ0) is 19.4. The number of allylic oxidation sites excluding steroid dienone is 2. The Morgan fingerprint density at radius 2 is 1.75 bits per heavy atom. The summed E-state index contributed by atoms with van der Waals surface area (Å²) in [7, 11) is 1.60. The number of imide groups is 1. The Bertz CT molecular complexity index is 992. The first-order valence-electron chi connectivity index (χ1n) is 9.55. The number of carbonyl (C=O) groups excluding carboxylic acids is 3. The average Bonchev–Trinajstić information content (AvgIpc) is 3.21. The van der Waals surface area contributed by atoms with Crippen LogP contribution in [0.15, 0.2) is 36.4 Å². The van der Waals surface area contributed by atoms with Crippen molar-refractivity contribution in [3.8, 4) is 5.75 Å². The van der Waals surface area contributed by atoms with E-state index in [2.05, 4.69) is 4.98 Å². The number of benzene rings is 1. The molecule has 0 radical (unpaired) electrons. The fourth-order valence-electron chi connectivity index (χ4n) is 4.49. The van der Waals surface area contributed by atoms with Gasteiger partial charge in [-0.15, -0.1) is 0 Å². The highest BCUT2D eigenvalue weighted by atomic mass is 16.5. The maximum absolute atomic E-state index is 12.8. The summed E-state index contributed by atoms with van der Waals surface area (Å²) < 4.78 is 5.21. The Kier molecular flexibility index (Phi) is 3.79. The minimum Gasteiger partial charge on any atom is -0.497 e. The van der Waals surface area contributed by atoms with Crippen molar-refractivity contribution in [2.24, 2.45) is 11.8 Å². The molecule has 3 amide bonds. The van der Waals surface area contributed by atoms with Crippen LogP contribution in [0.2, 0.25) is 0 Å². The van der Waals surface area contributed by atoms with E-state index in [4.69, 9.17) is 4.74 Å². The molecule has 2 atom stereocenters. The van der Waals surface area contributed by atoms with Crippen molar-refractivity contribution in [1.29, 1.82) is 0 Å². The Morgan fingerprint density at radius 1 is 1.07 bits per heavy atom. The molecule has 0 saturated carbocycles. The molecular formula is C21H21N3O4. The highest BCUT2D eigenvalue weighted by Gasteiger charge is 2.52. The SMILES string of the molecule is COc1ccc2cc(C(=O)N3CC(N4C(=O)C5CC=CCC5C4=O)C3)[nH]c2c1. The molecule has 28 heavy (non-hydrogen) atoms. The Morgan fingerprint density at radius 3 is 2.39 bits per heavy atom. The van der Waals surface area contributed by atoms with Gasteiger partial charge in [0.25, 0.3) is 5.91 Å². The van der Waals surface area contributed by atoms with Gasteiger partial charge in [-0.25, -0.2) is 0 Å². The fraction of sp³-hybridized carbons (Fsp3) is 0.381. The molecule has 3 aliphatic rings. The van der Waals surface area contributed by atoms with Crippen LogP contribution in [0.1, 0.15) is 23.3 Å². The van der Waals surface area contributed by atoms with E-state index in [1.165, 1.54) is 4.90 Å². The Balaban J connectivity index is 1.28. The molecule has 1 aromatic heterocycles. The van der Waals surface area contributed by atoms with Crippen LogP contribution in [0, 0.1) is 11.8 Å². The van der Waals surface area contributed by atoms with Crippen molar-refractivity contribution in [2.45, 2.75) is 18.9 Å². The van der Waals surface area contributed by atoms with Gasteiger partial charge in [0.1, 0.15) is 11.4 Å². The van der Waals surface area contributed by atoms with Gasteiger partial charge in [-0.3, -0.25) is 19.3 Å². The first-order chi connectivity index (χ1) is 13.6. The van der Waals surface area contributed by atoms with E-state index in [1.807, 2.05) is 36.4 Å². The molecule has 5 rings (SSSR count). The number of aromatic amines is 1. The average molecular weight is 379 g/mol. The second kappa shape index (κ2) is 6.22. The van der Waals surface area contributed by atoms with Crippen molar-refractivity contribution >= 4 is 28.6 Å². The van der Waals surface area contributed by atoms with Gasteiger partial charge in [-0.1, -0.05) is 12.2 Å². The number of methoxy groups -OCH3 is 1. The summed E-state index contributed by atoms with van der Waals surface area (Å²) in [6.07, 6.45) is 5.24. The molecule has 2 saturated heterocycles. The van der Waals surface area contributed by atoms with Gasteiger partial charge in [-0.2, -0.15) is 0 Å². The molecule has 2 aromatic rings. The first kappa shape index (κ1) is 17.0. The van der Waals surface area contributed by atoms with Crippen LogP contribution in [0.4, 0.5) is 0 Å². The van der Waals surface area contributed by atoms with Crippen molar-refractivity contribution in [1.82, 2.24) is 14.8 Å². The van der Waals surface area contributed by atoms with E-state index in [9.17, 15) is 14.4 Å². The summed E-state index contributed by atoms with van der Waals surface area (Å²) in [6.45, 7) is 0.781. The predicted molar refractivity (Wildman–Crippen MR) is 102 cm³/mol. The maximum Gasteiger partial charge on any atom is 0.270 e. The summed E-state index contributed by atoms with van der Waals surface area (Å²) in [5.74, 6) is 0.0177. The zero-order valence-electron chi connectivity index (χ0n) is 15.6. The molecule has 2 unspecified atom stereocenters. The number of carbonyl (C=O) groups is 3. The standard InChI is InChI=1S/C21H21N3O4/c1-28-14-7-6-12-8-18(22-17(12)9-14)21(27)23-10-13(11-23)24-19(25)15-4-2-3-5-16(15)20(24)26/h2-3,6-9,13,15-16,22H,4-5,10-11H2,1H3. The third-order valence-corrected chi connectivity index (χ3v) is 6.12. The Labute approximate surface area is 161 Å². The number of fused-ring (bicyclic) bond motifs is 2. The van der Waals surface area contributed by atoms with Crippen molar-refractivity contribution in [3.63, 3.8) is 0 Å². The number of nitrogens with one attached hydrogen (secondary N) is 1. The van der Waals surface area contributed by atoms with Gasteiger partial charge < -0.3 is 14.6 Å². The molecule has 1 aliphatic carbocycles. The second-order valence-corrected chi connectivity index (χ2v) is 7.70. The number of aromatic nitrogens is 1. The van der Waals surface area contributed by atoms with Crippen LogP contribution in [-0.2, 0) is 9.59 Å². The van der Waals surface area contributed by atoms with E-state index in [1.54, 1.807) is 12.0 Å². The van der Waals surface area contributed by atoms with Gasteiger partial charge in [0.05, 0.1) is 25.0 Å². The lowest BCUT2D eigenvalue weighted by Crippen LogP contribution is -2.62. The summed E-state index contributed by atoms with van der Waals surface area (Å²) in [4.78, 5) is 44.3. The largest absolute Gasteiger partial charge is 0.497 e. The van der Waals surface area contributed by atoms with Crippen molar-refractivity contribution < 1.29 is 19.1 Å². The summed E-state index contributed by atoms with van der Waals surface area (Å²) in [6, 6.07) is 7.21. The van der Waals surface area contributed by atoms with Gasteiger partial charge in [0.2, 0.25) is 11.8 Å².